The van der Waals surface area contributed by atoms with Crippen LogP contribution in [0, 0.1) is 5.41 Å². The molecule has 3 N–H and O–H groups in total. The fraction of sp³-hybridized carbons (Fsp3) is 0.538. The van der Waals surface area contributed by atoms with Crippen molar-refractivity contribution in [3.05, 3.63) is 22.7 Å². The summed E-state index contributed by atoms with van der Waals surface area (Å²) in [6.07, 6.45) is 2.79. The van der Waals surface area contributed by atoms with Crippen LogP contribution in [0.2, 0.25) is 0 Å². The van der Waals surface area contributed by atoms with E-state index < -0.39 is 10.0 Å². The first-order chi connectivity index (χ1) is 8.70. The lowest BCUT2D eigenvalue weighted by atomic mass is 9.92. The number of nitrogens with two attached hydrogens (primary N) is 1. The number of nitrogens with one attached hydrogen (secondary N) is 1. The van der Waals surface area contributed by atoms with Crippen LogP contribution in [0.1, 0.15) is 33.1 Å². The van der Waals surface area contributed by atoms with Crippen LogP contribution in [0.3, 0.4) is 0 Å². The summed E-state index contributed by atoms with van der Waals surface area (Å²) < 4.78 is 28.1. The second kappa shape index (κ2) is 5.07. The molecule has 0 aliphatic heterocycles. The van der Waals surface area contributed by atoms with Crippen LogP contribution in [0.4, 0.5) is 5.69 Å². The Morgan fingerprint density at radius 2 is 2.11 bits per heavy atom. The van der Waals surface area contributed by atoms with E-state index in [4.69, 9.17) is 5.73 Å². The molecule has 0 saturated heterocycles. The molecule has 6 heteroatoms. The molecule has 0 bridgehead atoms. The van der Waals surface area contributed by atoms with Crippen molar-refractivity contribution in [2.75, 3.05) is 5.73 Å². The fourth-order valence-electron chi connectivity index (χ4n) is 2.55. The second-order valence-electron chi connectivity index (χ2n) is 5.92. The molecule has 0 aromatic heterocycles. The summed E-state index contributed by atoms with van der Waals surface area (Å²) in [6, 6.07) is 4.81. The van der Waals surface area contributed by atoms with Crippen LogP contribution < -0.4 is 10.5 Å². The predicted octanol–water partition coefficient (Wildman–Crippen LogP) is 2.89. The van der Waals surface area contributed by atoms with Crippen molar-refractivity contribution in [3.8, 4) is 0 Å². The predicted molar refractivity (Wildman–Crippen MR) is 80.3 cm³/mol. The van der Waals surface area contributed by atoms with E-state index in [2.05, 4.69) is 34.5 Å². The van der Waals surface area contributed by atoms with Gasteiger partial charge in [-0.2, -0.15) is 0 Å². The molecular weight excluding hydrogens is 328 g/mol. The van der Waals surface area contributed by atoms with Gasteiger partial charge in [-0.1, -0.05) is 13.8 Å². The lowest BCUT2D eigenvalue weighted by molar-refractivity contribution is 0.372. The van der Waals surface area contributed by atoms with Gasteiger partial charge in [-0.3, -0.25) is 0 Å². The number of halogens is 1. The van der Waals surface area contributed by atoms with E-state index in [1.165, 1.54) is 6.07 Å². The SMILES string of the molecule is CC1(C)CCC(NS(=O)(=O)c2cc(N)ccc2Br)C1. The molecule has 0 radical (unpaired) electrons. The molecule has 1 aromatic rings. The molecule has 1 fully saturated rings. The van der Waals surface area contributed by atoms with Crippen LogP contribution >= 0.6 is 15.9 Å². The molecular formula is C13H19BrN2O2S. The van der Waals surface area contributed by atoms with E-state index in [0.29, 0.717) is 10.2 Å². The van der Waals surface area contributed by atoms with E-state index >= 15 is 0 Å². The van der Waals surface area contributed by atoms with Gasteiger partial charge in [-0.05, 0) is 58.8 Å². The molecule has 4 nitrogen and oxygen atoms in total. The first-order valence-electron chi connectivity index (χ1n) is 6.27. The fourth-order valence-corrected chi connectivity index (χ4v) is 4.81. The Morgan fingerprint density at radius 1 is 1.42 bits per heavy atom. The van der Waals surface area contributed by atoms with Crippen LogP contribution in [-0.2, 0) is 10.0 Å². The summed E-state index contributed by atoms with van der Waals surface area (Å²) in [5, 5.41) is 0. The third kappa shape index (κ3) is 3.49. The summed E-state index contributed by atoms with van der Waals surface area (Å²) in [5.41, 5.74) is 6.31. The van der Waals surface area contributed by atoms with E-state index in [1.807, 2.05) is 0 Å². The van der Waals surface area contributed by atoms with E-state index in [-0.39, 0.29) is 16.4 Å². The molecule has 2 rings (SSSR count). The number of hydrogen-bond acceptors (Lipinski definition) is 3. The minimum Gasteiger partial charge on any atom is -0.399 e. The zero-order valence-corrected chi connectivity index (χ0v) is 13.5. The number of hydrogen-bond donors (Lipinski definition) is 2. The highest BCUT2D eigenvalue weighted by molar-refractivity contribution is 9.10. The third-order valence-electron chi connectivity index (χ3n) is 3.54. The first kappa shape index (κ1) is 14.8. The lowest BCUT2D eigenvalue weighted by Crippen LogP contribution is -2.33. The number of sulfonamides is 1. The third-order valence-corrected chi connectivity index (χ3v) is 6.05. The summed E-state index contributed by atoms with van der Waals surface area (Å²) in [4.78, 5) is 0.206. The Kier molecular flexibility index (Phi) is 3.95. The van der Waals surface area contributed by atoms with Crippen molar-refractivity contribution in [1.82, 2.24) is 4.72 Å². The van der Waals surface area contributed by atoms with Crippen LogP contribution in [0.25, 0.3) is 0 Å². The van der Waals surface area contributed by atoms with Gasteiger partial charge in [0.1, 0.15) is 0 Å². The van der Waals surface area contributed by atoms with Gasteiger partial charge in [0, 0.05) is 16.2 Å². The largest absolute Gasteiger partial charge is 0.399 e. The minimum atomic E-state index is -3.52. The Balaban J connectivity index is 2.22. The Labute approximate surface area is 122 Å². The maximum atomic E-state index is 12.4. The zero-order chi connectivity index (χ0) is 14.3. The maximum Gasteiger partial charge on any atom is 0.242 e. The van der Waals surface area contributed by atoms with Gasteiger partial charge in [-0.15, -0.1) is 0 Å². The highest BCUT2D eigenvalue weighted by Gasteiger charge is 2.33. The zero-order valence-electron chi connectivity index (χ0n) is 11.1. The Morgan fingerprint density at radius 3 is 2.68 bits per heavy atom. The Bertz CT molecular complexity index is 584. The van der Waals surface area contributed by atoms with Gasteiger partial charge >= 0.3 is 0 Å². The van der Waals surface area contributed by atoms with Crippen molar-refractivity contribution in [2.45, 2.75) is 44.0 Å². The maximum absolute atomic E-state index is 12.4. The highest BCUT2D eigenvalue weighted by atomic mass is 79.9. The van der Waals surface area contributed by atoms with Gasteiger partial charge < -0.3 is 5.73 Å². The van der Waals surface area contributed by atoms with Crippen molar-refractivity contribution in [2.24, 2.45) is 5.41 Å². The molecule has 1 aromatic carbocycles. The molecule has 19 heavy (non-hydrogen) atoms. The molecule has 0 heterocycles. The topological polar surface area (TPSA) is 72.2 Å². The van der Waals surface area contributed by atoms with Gasteiger partial charge in [0.05, 0.1) is 4.90 Å². The molecule has 1 aliphatic carbocycles. The molecule has 1 saturated carbocycles. The van der Waals surface area contributed by atoms with Crippen molar-refractivity contribution >= 4 is 31.6 Å². The summed E-state index contributed by atoms with van der Waals surface area (Å²) in [5.74, 6) is 0. The average molecular weight is 347 g/mol. The van der Waals surface area contributed by atoms with Crippen LogP contribution in [-0.4, -0.2) is 14.5 Å². The minimum absolute atomic E-state index is 0.00771. The van der Waals surface area contributed by atoms with Crippen molar-refractivity contribution < 1.29 is 8.42 Å². The second-order valence-corrected chi connectivity index (χ2v) is 8.45. The number of benzene rings is 1. The Hall–Kier alpha value is -0.590. The first-order valence-corrected chi connectivity index (χ1v) is 8.55. The summed E-state index contributed by atoms with van der Waals surface area (Å²) in [7, 11) is -3.52. The summed E-state index contributed by atoms with van der Waals surface area (Å²) in [6.45, 7) is 4.33. The number of rotatable bonds is 3. The standard InChI is InChI=1S/C13H19BrN2O2S/c1-13(2)6-5-10(8-13)16-19(17,18)12-7-9(15)3-4-11(12)14/h3-4,7,10,16H,5-6,8,15H2,1-2H3. The monoisotopic (exact) mass is 346 g/mol. The molecule has 106 valence electrons. The molecule has 1 aliphatic rings. The average Bonchev–Trinajstić information content (AvgIpc) is 2.60. The number of anilines is 1. The normalized spacial score (nSPS) is 22.6. The van der Waals surface area contributed by atoms with Crippen LogP contribution in [0.5, 0.6) is 0 Å². The molecule has 1 atom stereocenters. The summed E-state index contributed by atoms with van der Waals surface area (Å²) >= 11 is 3.26. The highest BCUT2D eigenvalue weighted by Crippen LogP contribution is 2.37. The van der Waals surface area contributed by atoms with E-state index in [0.717, 1.165) is 19.3 Å². The van der Waals surface area contributed by atoms with Crippen molar-refractivity contribution in [3.63, 3.8) is 0 Å². The van der Waals surface area contributed by atoms with E-state index in [1.54, 1.807) is 12.1 Å². The van der Waals surface area contributed by atoms with E-state index in [9.17, 15) is 8.42 Å². The smallest absolute Gasteiger partial charge is 0.242 e. The lowest BCUT2D eigenvalue weighted by Gasteiger charge is -2.18. The van der Waals surface area contributed by atoms with Gasteiger partial charge in [0.2, 0.25) is 10.0 Å². The van der Waals surface area contributed by atoms with Gasteiger partial charge in [0.25, 0.3) is 0 Å². The number of nitrogen functional groups attached to an aromatic ring is 1. The van der Waals surface area contributed by atoms with Crippen LogP contribution in [0.15, 0.2) is 27.6 Å². The molecule has 0 amide bonds. The van der Waals surface area contributed by atoms with Gasteiger partial charge in [-0.25, -0.2) is 13.1 Å². The molecule has 1 unspecified atom stereocenters. The van der Waals surface area contributed by atoms with Gasteiger partial charge in [0.15, 0.2) is 0 Å². The molecule has 0 spiro atoms. The van der Waals surface area contributed by atoms with Crippen molar-refractivity contribution in [1.29, 1.82) is 0 Å². The quantitative estimate of drug-likeness (QED) is 0.826.